The fourth-order valence-corrected chi connectivity index (χ4v) is 4.33. The summed E-state index contributed by atoms with van der Waals surface area (Å²) in [5.41, 5.74) is 0.340. The highest BCUT2D eigenvalue weighted by Crippen LogP contribution is 2.57. The monoisotopic (exact) mass is 450 g/mol. The van der Waals surface area contributed by atoms with Crippen molar-refractivity contribution in [3.05, 3.63) is 0 Å². The summed E-state index contributed by atoms with van der Waals surface area (Å²) >= 11 is 0. The molecule has 0 aromatic rings. The van der Waals surface area contributed by atoms with Gasteiger partial charge in [0.1, 0.15) is 0 Å². The fraction of sp³-hybridized carbons (Fsp3) is 0.882. The third-order valence-corrected chi connectivity index (χ3v) is 5.98. The van der Waals surface area contributed by atoms with E-state index in [1.54, 1.807) is 6.92 Å². The van der Waals surface area contributed by atoms with E-state index in [2.05, 4.69) is 22.1 Å². The first-order valence-electron chi connectivity index (χ1n) is 8.96. The van der Waals surface area contributed by atoms with Crippen LogP contribution < -0.4 is 5.32 Å². The number of carbonyl (C=O) groups is 1. The molecular formula is C17H31IN4O2. The predicted molar refractivity (Wildman–Crippen MR) is 106 cm³/mol. The Morgan fingerprint density at radius 3 is 2.33 bits per heavy atom. The van der Waals surface area contributed by atoms with Crippen LogP contribution in [0.5, 0.6) is 0 Å². The Balaban J connectivity index is 0.00000208. The standard InChI is InChI=1S/C17H30N4O2.HI/c1-4-23-15-12-14(17(15)6-5-7-17)19-16(18-3)21-10-8-20(9-11-21)13(2)22;/h14-15H,4-12H2,1-3H3,(H,18,19);1H. The molecule has 1 heterocycles. The largest absolute Gasteiger partial charge is 0.378 e. The summed E-state index contributed by atoms with van der Waals surface area (Å²) in [4.78, 5) is 20.1. The second-order valence-corrected chi connectivity index (χ2v) is 7.00. The molecule has 2 saturated carbocycles. The van der Waals surface area contributed by atoms with Crippen LogP contribution in [0, 0.1) is 5.41 Å². The summed E-state index contributed by atoms with van der Waals surface area (Å²) < 4.78 is 5.93. The van der Waals surface area contributed by atoms with E-state index in [1.807, 2.05) is 11.9 Å². The van der Waals surface area contributed by atoms with Gasteiger partial charge in [-0.05, 0) is 26.2 Å². The number of ether oxygens (including phenoxy) is 1. The van der Waals surface area contributed by atoms with Crippen molar-refractivity contribution in [2.75, 3.05) is 39.8 Å². The molecule has 0 radical (unpaired) electrons. The molecular weight excluding hydrogens is 419 g/mol. The lowest BCUT2D eigenvalue weighted by Gasteiger charge is -2.61. The topological polar surface area (TPSA) is 57.2 Å². The number of halogens is 1. The number of nitrogens with one attached hydrogen (secondary N) is 1. The average Bonchev–Trinajstić information content (AvgIpc) is 2.48. The van der Waals surface area contributed by atoms with Crippen LogP contribution in [0.15, 0.2) is 4.99 Å². The number of hydrogen-bond donors (Lipinski definition) is 1. The minimum absolute atomic E-state index is 0. The van der Waals surface area contributed by atoms with E-state index in [0.717, 1.165) is 45.2 Å². The highest BCUT2D eigenvalue weighted by Gasteiger charge is 2.59. The van der Waals surface area contributed by atoms with Gasteiger partial charge >= 0.3 is 0 Å². The second-order valence-electron chi connectivity index (χ2n) is 7.00. The van der Waals surface area contributed by atoms with Gasteiger partial charge < -0.3 is 19.9 Å². The van der Waals surface area contributed by atoms with Gasteiger partial charge in [-0.2, -0.15) is 0 Å². The molecule has 1 aliphatic heterocycles. The van der Waals surface area contributed by atoms with Gasteiger partial charge in [0.25, 0.3) is 0 Å². The molecule has 3 aliphatic rings. The Morgan fingerprint density at radius 2 is 1.88 bits per heavy atom. The average molecular weight is 450 g/mol. The van der Waals surface area contributed by atoms with E-state index >= 15 is 0 Å². The van der Waals surface area contributed by atoms with Crippen molar-refractivity contribution in [2.24, 2.45) is 10.4 Å². The highest BCUT2D eigenvalue weighted by atomic mass is 127. The van der Waals surface area contributed by atoms with Crippen LogP contribution in [-0.4, -0.2) is 73.6 Å². The third kappa shape index (κ3) is 3.52. The van der Waals surface area contributed by atoms with Crippen LogP contribution >= 0.6 is 24.0 Å². The van der Waals surface area contributed by atoms with Crippen LogP contribution in [-0.2, 0) is 9.53 Å². The van der Waals surface area contributed by atoms with E-state index < -0.39 is 0 Å². The maximum Gasteiger partial charge on any atom is 0.219 e. The number of piperazine rings is 1. The summed E-state index contributed by atoms with van der Waals surface area (Å²) in [6.45, 7) is 7.81. The Bertz CT molecular complexity index is 473. The zero-order chi connectivity index (χ0) is 16.4. The number of hydrogen-bond acceptors (Lipinski definition) is 3. The molecule has 138 valence electrons. The lowest BCUT2D eigenvalue weighted by molar-refractivity contribution is -0.169. The number of guanidine groups is 1. The van der Waals surface area contributed by atoms with E-state index in [4.69, 9.17) is 4.74 Å². The molecule has 3 rings (SSSR count). The lowest BCUT2D eigenvalue weighted by atomic mass is 9.51. The number of rotatable bonds is 3. The van der Waals surface area contributed by atoms with E-state index in [-0.39, 0.29) is 29.9 Å². The first kappa shape index (κ1) is 19.8. The quantitative estimate of drug-likeness (QED) is 0.404. The Morgan fingerprint density at radius 1 is 1.25 bits per heavy atom. The molecule has 0 aromatic carbocycles. The van der Waals surface area contributed by atoms with Crippen LogP contribution in [0.25, 0.3) is 0 Å². The van der Waals surface area contributed by atoms with E-state index in [0.29, 0.717) is 17.6 Å². The van der Waals surface area contributed by atoms with Gasteiger partial charge in [0.15, 0.2) is 5.96 Å². The van der Waals surface area contributed by atoms with Gasteiger partial charge in [-0.1, -0.05) is 6.42 Å². The smallest absolute Gasteiger partial charge is 0.219 e. The second kappa shape index (κ2) is 8.21. The molecule has 0 aromatic heterocycles. The summed E-state index contributed by atoms with van der Waals surface area (Å²) in [6, 6.07) is 0.484. The summed E-state index contributed by atoms with van der Waals surface area (Å²) in [6.07, 6.45) is 5.36. The molecule has 6 nitrogen and oxygen atoms in total. The Kier molecular flexibility index (Phi) is 6.75. The molecule has 24 heavy (non-hydrogen) atoms. The summed E-state index contributed by atoms with van der Waals surface area (Å²) in [5.74, 6) is 1.15. The van der Waals surface area contributed by atoms with E-state index in [1.165, 1.54) is 19.3 Å². The molecule has 1 N–H and O–H groups in total. The minimum atomic E-state index is 0. The van der Waals surface area contributed by atoms with Crippen molar-refractivity contribution in [3.8, 4) is 0 Å². The normalized spacial score (nSPS) is 28.7. The molecule has 1 saturated heterocycles. The first-order chi connectivity index (χ1) is 11.1. The SMILES string of the molecule is CCOC1CC(NC(=NC)N2CCN(C(C)=O)CC2)C12CCC2.I. The van der Waals surface area contributed by atoms with Gasteiger partial charge in [-0.25, -0.2) is 0 Å². The third-order valence-electron chi connectivity index (χ3n) is 5.98. The van der Waals surface area contributed by atoms with Gasteiger partial charge in [-0.3, -0.25) is 9.79 Å². The lowest BCUT2D eigenvalue weighted by Crippen LogP contribution is -2.69. The van der Waals surface area contributed by atoms with Crippen molar-refractivity contribution in [2.45, 2.75) is 51.7 Å². The zero-order valence-electron chi connectivity index (χ0n) is 15.1. The molecule has 7 heteroatoms. The maximum atomic E-state index is 11.5. The van der Waals surface area contributed by atoms with Crippen LogP contribution in [0.1, 0.15) is 39.5 Å². The zero-order valence-corrected chi connectivity index (χ0v) is 17.4. The van der Waals surface area contributed by atoms with E-state index in [9.17, 15) is 4.79 Å². The van der Waals surface area contributed by atoms with Crippen molar-refractivity contribution < 1.29 is 9.53 Å². The predicted octanol–water partition coefficient (Wildman–Crippen LogP) is 1.69. The molecule has 2 atom stereocenters. The molecule has 2 aliphatic carbocycles. The molecule has 1 amide bonds. The summed E-state index contributed by atoms with van der Waals surface area (Å²) in [7, 11) is 1.85. The van der Waals surface area contributed by atoms with Gasteiger partial charge in [0.2, 0.25) is 5.91 Å². The number of nitrogens with zero attached hydrogens (tertiary/aromatic N) is 3. The van der Waals surface area contributed by atoms with Crippen LogP contribution in [0.4, 0.5) is 0 Å². The van der Waals surface area contributed by atoms with Crippen molar-refractivity contribution in [3.63, 3.8) is 0 Å². The highest BCUT2D eigenvalue weighted by molar-refractivity contribution is 14.0. The van der Waals surface area contributed by atoms with Gasteiger partial charge in [0.05, 0.1) is 6.10 Å². The number of aliphatic imine (C=N–C) groups is 1. The molecule has 1 spiro atoms. The molecule has 2 unspecified atom stereocenters. The molecule has 0 bridgehead atoms. The summed E-state index contributed by atoms with van der Waals surface area (Å²) in [5, 5.41) is 3.69. The van der Waals surface area contributed by atoms with Crippen LogP contribution in [0.2, 0.25) is 0 Å². The Labute approximate surface area is 162 Å². The Hall–Kier alpha value is -0.570. The van der Waals surface area contributed by atoms with Crippen molar-refractivity contribution in [1.82, 2.24) is 15.1 Å². The number of amides is 1. The van der Waals surface area contributed by atoms with Crippen molar-refractivity contribution in [1.29, 1.82) is 0 Å². The maximum absolute atomic E-state index is 11.5. The van der Waals surface area contributed by atoms with Crippen LogP contribution in [0.3, 0.4) is 0 Å². The fourth-order valence-electron chi connectivity index (χ4n) is 4.33. The van der Waals surface area contributed by atoms with Crippen molar-refractivity contribution >= 4 is 35.8 Å². The number of carbonyl (C=O) groups excluding carboxylic acids is 1. The van der Waals surface area contributed by atoms with Gasteiger partial charge in [0, 0.05) is 58.2 Å². The molecule has 3 fully saturated rings. The first-order valence-corrected chi connectivity index (χ1v) is 8.96. The van der Waals surface area contributed by atoms with Gasteiger partial charge in [-0.15, -0.1) is 24.0 Å². The minimum Gasteiger partial charge on any atom is -0.378 e.